The molecule has 5 heteroatoms. The number of nitrogens with one attached hydrogen (secondary N) is 2. The van der Waals surface area contributed by atoms with Gasteiger partial charge in [-0.05, 0) is 44.5 Å². The Morgan fingerprint density at radius 2 is 2.30 bits per heavy atom. The standard InChI is InChI=1S/C15H25N3O2/c1-3-12(11-20-2)17-15(19)14-5-4-10-18(14)13-6-8-16-9-7-13/h4-5,10,12-13,16H,3,6-9,11H2,1-2H3,(H,17,19). The predicted octanol–water partition coefficient (Wildman–Crippen LogP) is 1.57. The molecule has 0 spiro atoms. The number of nitrogens with zero attached hydrogens (tertiary/aromatic N) is 1. The highest BCUT2D eigenvalue weighted by Gasteiger charge is 2.21. The smallest absolute Gasteiger partial charge is 0.268 e. The molecule has 1 aromatic heterocycles. The fraction of sp³-hybridized carbons (Fsp3) is 0.667. The van der Waals surface area contributed by atoms with Crippen molar-refractivity contribution in [3.63, 3.8) is 0 Å². The predicted molar refractivity (Wildman–Crippen MR) is 79.0 cm³/mol. The number of aromatic nitrogens is 1. The minimum absolute atomic E-state index is 0.00238. The third kappa shape index (κ3) is 3.61. The topological polar surface area (TPSA) is 55.3 Å². The Balaban J connectivity index is 2.04. The highest BCUT2D eigenvalue weighted by Crippen LogP contribution is 2.21. The Hall–Kier alpha value is -1.33. The second kappa shape index (κ2) is 7.45. The third-order valence-electron chi connectivity index (χ3n) is 3.91. The van der Waals surface area contributed by atoms with Crippen LogP contribution in [0.1, 0.15) is 42.7 Å². The van der Waals surface area contributed by atoms with Crippen LogP contribution in [0.2, 0.25) is 0 Å². The van der Waals surface area contributed by atoms with E-state index in [1.165, 1.54) is 0 Å². The molecule has 1 unspecified atom stereocenters. The molecule has 0 aromatic carbocycles. The number of carbonyl (C=O) groups is 1. The molecule has 0 aliphatic carbocycles. The molecule has 112 valence electrons. The highest BCUT2D eigenvalue weighted by molar-refractivity contribution is 5.93. The second-order valence-corrected chi connectivity index (χ2v) is 5.32. The fourth-order valence-corrected chi connectivity index (χ4v) is 2.71. The molecule has 0 radical (unpaired) electrons. The first-order valence-electron chi connectivity index (χ1n) is 7.43. The molecule has 0 bridgehead atoms. The van der Waals surface area contributed by atoms with E-state index < -0.39 is 0 Å². The lowest BCUT2D eigenvalue weighted by Gasteiger charge is -2.26. The molecule has 1 aromatic rings. The quantitative estimate of drug-likeness (QED) is 0.831. The molecule has 2 rings (SSSR count). The second-order valence-electron chi connectivity index (χ2n) is 5.32. The van der Waals surface area contributed by atoms with Crippen molar-refractivity contribution in [2.24, 2.45) is 0 Å². The zero-order valence-corrected chi connectivity index (χ0v) is 12.4. The van der Waals surface area contributed by atoms with Crippen LogP contribution in [0.25, 0.3) is 0 Å². The number of amides is 1. The van der Waals surface area contributed by atoms with Crippen LogP contribution in [0.15, 0.2) is 18.3 Å². The van der Waals surface area contributed by atoms with Crippen molar-refractivity contribution in [3.8, 4) is 0 Å². The van der Waals surface area contributed by atoms with E-state index in [4.69, 9.17) is 4.74 Å². The number of ether oxygens (including phenoxy) is 1. The normalized spacial score (nSPS) is 17.9. The van der Waals surface area contributed by atoms with Crippen molar-refractivity contribution in [2.45, 2.75) is 38.3 Å². The lowest BCUT2D eigenvalue weighted by Crippen LogP contribution is -2.39. The molecule has 1 saturated heterocycles. The number of hydrogen-bond donors (Lipinski definition) is 2. The summed E-state index contributed by atoms with van der Waals surface area (Å²) in [6, 6.07) is 4.35. The zero-order valence-electron chi connectivity index (χ0n) is 12.4. The van der Waals surface area contributed by atoms with Crippen molar-refractivity contribution in [1.29, 1.82) is 0 Å². The maximum atomic E-state index is 12.4. The van der Waals surface area contributed by atoms with Gasteiger partial charge in [-0.3, -0.25) is 4.79 Å². The van der Waals surface area contributed by atoms with Crippen molar-refractivity contribution in [3.05, 3.63) is 24.0 Å². The minimum Gasteiger partial charge on any atom is -0.383 e. The highest BCUT2D eigenvalue weighted by atomic mass is 16.5. The van der Waals surface area contributed by atoms with Crippen molar-refractivity contribution < 1.29 is 9.53 Å². The molecular weight excluding hydrogens is 254 g/mol. The maximum Gasteiger partial charge on any atom is 0.268 e. The number of rotatable bonds is 6. The Labute approximate surface area is 120 Å². The summed E-state index contributed by atoms with van der Waals surface area (Å²) < 4.78 is 7.25. The Kier molecular flexibility index (Phi) is 5.61. The number of carbonyl (C=O) groups excluding carboxylic acids is 1. The molecule has 1 aliphatic heterocycles. The summed E-state index contributed by atoms with van der Waals surface area (Å²) in [5.74, 6) is -0.00238. The van der Waals surface area contributed by atoms with Gasteiger partial charge in [0.25, 0.3) is 5.91 Å². The molecule has 1 atom stereocenters. The molecule has 1 aliphatic rings. The largest absolute Gasteiger partial charge is 0.383 e. The van der Waals surface area contributed by atoms with E-state index in [9.17, 15) is 4.79 Å². The minimum atomic E-state index is -0.00238. The third-order valence-corrected chi connectivity index (χ3v) is 3.91. The van der Waals surface area contributed by atoms with E-state index >= 15 is 0 Å². The van der Waals surface area contributed by atoms with Gasteiger partial charge in [-0.2, -0.15) is 0 Å². The zero-order chi connectivity index (χ0) is 14.4. The molecule has 20 heavy (non-hydrogen) atoms. The summed E-state index contributed by atoms with van der Waals surface area (Å²) in [6.45, 7) is 4.64. The van der Waals surface area contributed by atoms with E-state index in [0.717, 1.165) is 38.0 Å². The van der Waals surface area contributed by atoms with Crippen LogP contribution in [0.4, 0.5) is 0 Å². The number of hydrogen-bond acceptors (Lipinski definition) is 3. The summed E-state index contributed by atoms with van der Waals surface area (Å²) in [5, 5.41) is 6.40. The van der Waals surface area contributed by atoms with Crippen molar-refractivity contribution in [2.75, 3.05) is 26.8 Å². The first-order valence-corrected chi connectivity index (χ1v) is 7.43. The van der Waals surface area contributed by atoms with Crippen LogP contribution in [0.5, 0.6) is 0 Å². The van der Waals surface area contributed by atoms with Gasteiger partial charge in [0.2, 0.25) is 0 Å². The average molecular weight is 279 g/mol. The van der Waals surface area contributed by atoms with Gasteiger partial charge in [-0.15, -0.1) is 0 Å². The van der Waals surface area contributed by atoms with Gasteiger partial charge in [0.1, 0.15) is 5.69 Å². The van der Waals surface area contributed by atoms with Crippen LogP contribution in [0.3, 0.4) is 0 Å². The van der Waals surface area contributed by atoms with Gasteiger partial charge in [0, 0.05) is 19.3 Å². The summed E-state index contributed by atoms with van der Waals surface area (Å²) in [5.41, 5.74) is 0.756. The van der Waals surface area contributed by atoms with Crippen LogP contribution >= 0.6 is 0 Å². The van der Waals surface area contributed by atoms with Crippen LogP contribution < -0.4 is 10.6 Å². The van der Waals surface area contributed by atoms with Crippen LogP contribution in [-0.4, -0.2) is 43.3 Å². The monoisotopic (exact) mass is 279 g/mol. The van der Waals surface area contributed by atoms with Crippen molar-refractivity contribution in [1.82, 2.24) is 15.2 Å². The molecule has 2 heterocycles. The van der Waals surface area contributed by atoms with Crippen molar-refractivity contribution >= 4 is 5.91 Å². The van der Waals surface area contributed by atoms with E-state index in [0.29, 0.717) is 12.6 Å². The van der Waals surface area contributed by atoms with Crippen LogP contribution in [0, 0.1) is 0 Å². The molecule has 5 nitrogen and oxygen atoms in total. The lowest BCUT2D eigenvalue weighted by atomic mass is 10.1. The van der Waals surface area contributed by atoms with Crippen LogP contribution in [-0.2, 0) is 4.74 Å². The van der Waals surface area contributed by atoms with E-state index in [1.54, 1.807) is 7.11 Å². The number of piperidine rings is 1. The Morgan fingerprint density at radius 1 is 1.55 bits per heavy atom. The molecular formula is C15H25N3O2. The van der Waals surface area contributed by atoms with E-state index in [2.05, 4.69) is 22.1 Å². The van der Waals surface area contributed by atoms with E-state index in [-0.39, 0.29) is 11.9 Å². The maximum absolute atomic E-state index is 12.4. The summed E-state index contributed by atoms with van der Waals surface area (Å²) in [7, 11) is 1.66. The SMILES string of the molecule is CCC(COC)NC(=O)c1cccn1C1CCNCC1. The fourth-order valence-electron chi connectivity index (χ4n) is 2.71. The summed E-state index contributed by atoms with van der Waals surface area (Å²) in [6.07, 6.45) is 5.03. The first kappa shape index (κ1) is 15.1. The lowest BCUT2D eigenvalue weighted by molar-refractivity contribution is 0.0882. The van der Waals surface area contributed by atoms with Gasteiger partial charge < -0.3 is 19.9 Å². The Bertz CT molecular complexity index is 425. The van der Waals surface area contributed by atoms with Gasteiger partial charge in [-0.25, -0.2) is 0 Å². The average Bonchev–Trinajstić information content (AvgIpc) is 2.97. The van der Waals surface area contributed by atoms with E-state index in [1.807, 2.05) is 18.3 Å². The molecule has 1 fully saturated rings. The Morgan fingerprint density at radius 3 is 2.95 bits per heavy atom. The summed E-state index contributed by atoms with van der Waals surface area (Å²) in [4.78, 5) is 12.4. The molecule has 2 N–H and O–H groups in total. The molecule has 1 amide bonds. The number of methoxy groups -OCH3 is 1. The summed E-state index contributed by atoms with van der Waals surface area (Å²) >= 11 is 0. The molecule has 0 saturated carbocycles. The van der Waals surface area contributed by atoms with Gasteiger partial charge in [-0.1, -0.05) is 6.92 Å². The van der Waals surface area contributed by atoms with Gasteiger partial charge in [0.05, 0.1) is 12.6 Å². The van der Waals surface area contributed by atoms with Gasteiger partial charge >= 0.3 is 0 Å². The van der Waals surface area contributed by atoms with Gasteiger partial charge in [0.15, 0.2) is 0 Å². The first-order chi connectivity index (χ1) is 9.76.